The number of hydrogen-bond acceptors (Lipinski definition) is 4. The van der Waals surface area contributed by atoms with Crippen molar-refractivity contribution in [2.24, 2.45) is 0 Å². The molecule has 0 radical (unpaired) electrons. The SMILES string of the molecule is COc1cc(CN2CCCN(C)C(=O)C2)ccc1C#N. The van der Waals surface area contributed by atoms with Crippen LogP contribution in [0.5, 0.6) is 5.75 Å². The average molecular weight is 273 g/mol. The Labute approximate surface area is 119 Å². The number of benzene rings is 1. The minimum absolute atomic E-state index is 0.156. The Morgan fingerprint density at radius 1 is 1.40 bits per heavy atom. The first-order valence-corrected chi connectivity index (χ1v) is 6.67. The Balaban J connectivity index is 2.10. The number of carbonyl (C=O) groups excluding carboxylic acids is 1. The summed E-state index contributed by atoms with van der Waals surface area (Å²) in [6.07, 6.45) is 0.982. The van der Waals surface area contributed by atoms with E-state index in [-0.39, 0.29) is 5.91 Å². The Morgan fingerprint density at radius 2 is 2.20 bits per heavy atom. The van der Waals surface area contributed by atoms with E-state index in [1.165, 1.54) is 0 Å². The molecule has 1 aromatic carbocycles. The van der Waals surface area contributed by atoms with Gasteiger partial charge in [-0.3, -0.25) is 9.69 Å². The fourth-order valence-corrected chi connectivity index (χ4v) is 2.37. The van der Waals surface area contributed by atoms with Gasteiger partial charge in [-0.05, 0) is 24.1 Å². The third kappa shape index (κ3) is 3.28. The van der Waals surface area contributed by atoms with Crippen LogP contribution in [0.2, 0.25) is 0 Å². The van der Waals surface area contributed by atoms with Gasteiger partial charge in [0, 0.05) is 26.7 Å². The smallest absolute Gasteiger partial charge is 0.236 e. The van der Waals surface area contributed by atoms with Crippen LogP contribution in [-0.4, -0.2) is 49.5 Å². The van der Waals surface area contributed by atoms with Crippen molar-refractivity contribution in [3.05, 3.63) is 29.3 Å². The maximum atomic E-state index is 11.9. The fraction of sp³-hybridized carbons (Fsp3) is 0.467. The van der Waals surface area contributed by atoms with Gasteiger partial charge in [-0.15, -0.1) is 0 Å². The molecule has 0 aromatic heterocycles. The summed E-state index contributed by atoms with van der Waals surface area (Å²) < 4.78 is 5.21. The summed E-state index contributed by atoms with van der Waals surface area (Å²) in [7, 11) is 3.40. The zero-order valence-corrected chi connectivity index (χ0v) is 11.9. The molecule has 0 unspecified atom stereocenters. The summed E-state index contributed by atoms with van der Waals surface area (Å²) in [6.45, 7) is 2.85. The van der Waals surface area contributed by atoms with E-state index in [2.05, 4.69) is 11.0 Å². The van der Waals surface area contributed by atoms with Crippen LogP contribution in [-0.2, 0) is 11.3 Å². The Bertz CT molecular complexity index is 536. The number of hydrogen-bond donors (Lipinski definition) is 0. The molecule has 1 aromatic rings. The van der Waals surface area contributed by atoms with Gasteiger partial charge in [0.2, 0.25) is 5.91 Å². The predicted molar refractivity (Wildman–Crippen MR) is 75.2 cm³/mol. The van der Waals surface area contributed by atoms with Crippen LogP contribution in [0.15, 0.2) is 18.2 Å². The van der Waals surface area contributed by atoms with Crippen molar-refractivity contribution in [1.29, 1.82) is 5.26 Å². The number of rotatable bonds is 3. The summed E-state index contributed by atoms with van der Waals surface area (Å²) in [6, 6.07) is 7.65. The minimum Gasteiger partial charge on any atom is -0.495 e. The maximum Gasteiger partial charge on any atom is 0.236 e. The van der Waals surface area contributed by atoms with Crippen molar-refractivity contribution in [2.75, 3.05) is 33.8 Å². The number of nitrogens with zero attached hydrogens (tertiary/aromatic N) is 3. The molecule has 2 rings (SSSR count). The first-order chi connectivity index (χ1) is 9.63. The summed E-state index contributed by atoms with van der Waals surface area (Å²) in [5.74, 6) is 0.742. The molecule has 1 aliphatic heterocycles. The van der Waals surface area contributed by atoms with Crippen molar-refractivity contribution in [1.82, 2.24) is 9.80 Å². The monoisotopic (exact) mass is 273 g/mol. The highest BCUT2D eigenvalue weighted by Gasteiger charge is 2.19. The first kappa shape index (κ1) is 14.4. The third-order valence-electron chi connectivity index (χ3n) is 3.55. The molecule has 0 bridgehead atoms. The third-order valence-corrected chi connectivity index (χ3v) is 3.55. The molecule has 5 heteroatoms. The summed E-state index contributed by atoms with van der Waals surface area (Å²) in [5, 5.41) is 8.97. The molecule has 106 valence electrons. The average Bonchev–Trinajstić information content (AvgIpc) is 2.61. The van der Waals surface area contributed by atoms with Gasteiger partial charge < -0.3 is 9.64 Å². The van der Waals surface area contributed by atoms with Gasteiger partial charge >= 0.3 is 0 Å². The molecule has 1 heterocycles. The van der Waals surface area contributed by atoms with Crippen molar-refractivity contribution >= 4 is 5.91 Å². The first-order valence-electron chi connectivity index (χ1n) is 6.67. The number of likely N-dealkylation sites (N-methyl/N-ethyl adjacent to an activating group) is 1. The molecule has 1 saturated heterocycles. The number of methoxy groups -OCH3 is 1. The Hall–Kier alpha value is -2.06. The van der Waals surface area contributed by atoms with Gasteiger partial charge in [-0.25, -0.2) is 0 Å². The van der Waals surface area contributed by atoms with Crippen LogP contribution in [0.4, 0.5) is 0 Å². The zero-order chi connectivity index (χ0) is 14.5. The Kier molecular flexibility index (Phi) is 4.59. The van der Waals surface area contributed by atoms with Crippen LogP contribution < -0.4 is 4.74 Å². The van der Waals surface area contributed by atoms with E-state index in [9.17, 15) is 4.79 Å². The van der Waals surface area contributed by atoms with E-state index in [1.54, 1.807) is 18.1 Å². The standard InChI is InChI=1S/C15H19N3O2/c1-17-6-3-7-18(11-15(17)19)10-12-4-5-13(9-16)14(8-12)20-2/h4-5,8H,3,6-7,10-11H2,1-2H3. The second-order valence-electron chi connectivity index (χ2n) is 5.03. The molecule has 0 atom stereocenters. The number of carbonyl (C=O) groups is 1. The fourth-order valence-electron chi connectivity index (χ4n) is 2.37. The van der Waals surface area contributed by atoms with Gasteiger partial charge in [-0.1, -0.05) is 6.07 Å². The van der Waals surface area contributed by atoms with Gasteiger partial charge in [0.05, 0.1) is 19.2 Å². The van der Waals surface area contributed by atoms with Crippen LogP contribution in [0, 0.1) is 11.3 Å². The highest BCUT2D eigenvalue weighted by atomic mass is 16.5. The molecule has 1 aliphatic rings. The number of ether oxygens (including phenoxy) is 1. The van der Waals surface area contributed by atoms with Crippen LogP contribution >= 0.6 is 0 Å². The van der Waals surface area contributed by atoms with E-state index in [1.807, 2.05) is 19.2 Å². The van der Waals surface area contributed by atoms with E-state index in [0.717, 1.165) is 25.1 Å². The molecule has 0 N–H and O–H groups in total. The molecular formula is C15H19N3O2. The maximum absolute atomic E-state index is 11.9. The minimum atomic E-state index is 0.156. The molecule has 0 spiro atoms. The van der Waals surface area contributed by atoms with Gasteiger partial charge in [0.25, 0.3) is 0 Å². The summed E-state index contributed by atoms with van der Waals surface area (Å²) >= 11 is 0. The number of nitriles is 1. The summed E-state index contributed by atoms with van der Waals surface area (Å²) in [5.41, 5.74) is 1.58. The lowest BCUT2D eigenvalue weighted by atomic mass is 10.1. The van der Waals surface area contributed by atoms with Gasteiger partial charge in [0.1, 0.15) is 11.8 Å². The summed E-state index contributed by atoms with van der Waals surface area (Å²) in [4.78, 5) is 15.8. The van der Waals surface area contributed by atoms with Gasteiger partial charge in [-0.2, -0.15) is 5.26 Å². The normalized spacial score (nSPS) is 16.6. The second-order valence-corrected chi connectivity index (χ2v) is 5.03. The zero-order valence-electron chi connectivity index (χ0n) is 11.9. The van der Waals surface area contributed by atoms with Crippen LogP contribution in [0.3, 0.4) is 0 Å². The largest absolute Gasteiger partial charge is 0.495 e. The molecule has 0 aliphatic carbocycles. The molecular weight excluding hydrogens is 254 g/mol. The van der Waals surface area contributed by atoms with Crippen molar-refractivity contribution < 1.29 is 9.53 Å². The molecule has 1 fully saturated rings. The van der Waals surface area contributed by atoms with E-state index >= 15 is 0 Å². The predicted octanol–water partition coefficient (Wildman–Crippen LogP) is 1.23. The topological polar surface area (TPSA) is 56.6 Å². The molecule has 5 nitrogen and oxygen atoms in total. The van der Waals surface area contributed by atoms with Crippen LogP contribution in [0.25, 0.3) is 0 Å². The van der Waals surface area contributed by atoms with E-state index in [4.69, 9.17) is 10.00 Å². The Morgan fingerprint density at radius 3 is 2.90 bits per heavy atom. The second kappa shape index (κ2) is 6.40. The molecule has 0 saturated carbocycles. The lowest BCUT2D eigenvalue weighted by Gasteiger charge is -2.19. The molecule has 1 amide bonds. The van der Waals surface area contributed by atoms with Crippen LogP contribution in [0.1, 0.15) is 17.5 Å². The van der Waals surface area contributed by atoms with E-state index in [0.29, 0.717) is 24.4 Å². The molecule has 20 heavy (non-hydrogen) atoms. The van der Waals surface area contributed by atoms with Gasteiger partial charge in [0.15, 0.2) is 0 Å². The lowest BCUT2D eigenvalue weighted by molar-refractivity contribution is -0.129. The lowest BCUT2D eigenvalue weighted by Crippen LogP contribution is -2.34. The highest BCUT2D eigenvalue weighted by Crippen LogP contribution is 2.20. The van der Waals surface area contributed by atoms with Crippen molar-refractivity contribution in [2.45, 2.75) is 13.0 Å². The number of amides is 1. The van der Waals surface area contributed by atoms with Crippen molar-refractivity contribution in [3.8, 4) is 11.8 Å². The van der Waals surface area contributed by atoms with E-state index < -0.39 is 0 Å². The quantitative estimate of drug-likeness (QED) is 0.831. The van der Waals surface area contributed by atoms with Crippen molar-refractivity contribution in [3.63, 3.8) is 0 Å². The highest BCUT2D eigenvalue weighted by molar-refractivity contribution is 5.78.